The second-order valence-corrected chi connectivity index (χ2v) is 8.62. The Morgan fingerprint density at radius 2 is 1.94 bits per heavy atom. The number of nitrogens with one attached hydrogen (secondary N) is 1. The van der Waals surface area contributed by atoms with Crippen molar-refractivity contribution in [1.29, 1.82) is 0 Å². The van der Waals surface area contributed by atoms with Crippen molar-refractivity contribution in [2.45, 2.75) is 59.7 Å². The first kappa shape index (κ1) is 23.1. The van der Waals surface area contributed by atoms with Gasteiger partial charge < -0.3 is 19.4 Å². The Hall–Kier alpha value is -2.61. The summed E-state index contributed by atoms with van der Waals surface area (Å²) >= 11 is 0. The van der Waals surface area contributed by atoms with E-state index in [0.717, 1.165) is 73.3 Å². The molecule has 1 amide bonds. The molecule has 1 aliphatic rings. The summed E-state index contributed by atoms with van der Waals surface area (Å²) in [5.41, 5.74) is 2.16. The number of hydrogen-bond acceptors (Lipinski definition) is 6. The Morgan fingerprint density at radius 1 is 1.16 bits per heavy atom. The van der Waals surface area contributed by atoms with Crippen LogP contribution in [0, 0.1) is 12.8 Å². The Labute approximate surface area is 184 Å². The van der Waals surface area contributed by atoms with Gasteiger partial charge in [-0.1, -0.05) is 19.9 Å². The molecule has 0 bridgehead atoms. The lowest BCUT2D eigenvalue weighted by molar-refractivity contribution is -0.119. The largest absolute Gasteiger partial charge is 0.496 e. The molecular formula is C23H35N5O3. The zero-order valence-corrected chi connectivity index (χ0v) is 19.6. The molecule has 1 N–H and O–H groups in total. The fraction of sp³-hybridized carbons (Fsp3) is 0.609. The molecule has 1 aliphatic heterocycles. The fourth-order valence-electron chi connectivity index (χ4n) is 4.35. The molecule has 3 rings (SSSR count). The van der Waals surface area contributed by atoms with Crippen molar-refractivity contribution in [1.82, 2.24) is 25.0 Å². The molecule has 0 saturated heterocycles. The van der Waals surface area contributed by atoms with Crippen molar-refractivity contribution in [2.24, 2.45) is 5.92 Å². The van der Waals surface area contributed by atoms with Gasteiger partial charge in [0.05, 0.1) is 20.3 Å². The van der Waals surface area contributed by atoms with Gasteiger partial charge in [0.2, 0.25) is 5.91 Å². The number of methoxy groups -OCH3 is 2. The van der Waals surface area contributed by atoms with E-state index in [0.29, 0.717) is 5.92 Å². The highest BCUT2D eigenvalue weighted by atomic mass is 16.5. The number of amides is 1. The molecule has 31 heavy (non-hydrogen) atoms. The molecule has 0 spiro atoms. The lowest BCUT2D eigenvalue weighted by Gasteiger charge is -2.23. The van der Waals surface area contributed by atoms with Gasteiger partial charge in [0.15, 0.2) is 5.82 Å². The van der Waals surface area contributed by atoms with Gasteiger partial charge in [0.1, 0.15) is 17.3 Å². The minimum Gasteiger partial charge on any atom is -0.496 e. The number of nitrogens with zero attached hydrogens (tertiary/aromatic N) is 4. The van der Waals surface area contributed by atoms with E-state index in [1.165, 1.54) is 0 Å². The van der Waals surface area contributed by atoms with Gasteiger partial charge in [-0.3, -0.25) is 9.69 Å². The number of ether oxygens (including phenoxy) is 2. The highest BCUT2D eigenvalue weighted by Gasteiger charge is 2.26. The summed E-state index contributed by atoms with van der Waals surface area (Å²) in [5, 5.41) is 12.0. The molecule has 0 aliphatic carbocycles. The van der Waals surface area contributed by atoms with Crippen LogP contribution in [0.1, 0.15) is 56.0 Å². The third-order valence-corrected chi connectivity index (χ3v) is 5.80. The van der Waals surface area contributed by atoms with Crippen molar-refractivity contribution in [3.8, 4) is 11.5 Å². The van der Waals surface area contributed by atoms with Crippen molar-refractivity contribution < 1.29 is 14.3 Å². The van der Waals surface area contributed by atoms with Crippen molar-refractivity contribution in [2.75, 3.05) is 27.3 Å². The maximum absolute atomic E-state index is 11.8. The standard InChI is InChI=1S/C23H35N5O3/c1-15(2)13-19(24-17(4)29)23-26-25-21-9-10-27(11-12-28(21)23)14-18-7-8-20(30-5)16(3)22(18)31-6/h7-8,15,19H,9-14H2,1-6H3,(H,24,29)/t19-/m1/s1. The van der Waals surface area contributed by atoms with Crippen molar-refractivity contribution >= 4 is 5.91 Å². The normalized spacial score (nSPS) is 15.3. The van der Waals surface area contributed by atoms with Gasteiger partial charge in [0, 0.05) is 50.7 Å². The fourth-order valence-corrected chi connectivity index (χ4v) is 4.35. The molecule has 8 heteroatoms. The highest BCUT2D eigenvalue weighted by molar-refractivity contribution is 5.73. The average Bonchev–Trinajstić information content (AvgIpc) is 3.01. The topological polar surface area (TPSA) is 81.5 Å². The van der Waals surface area contributed by atoms with E-state index in [1.54, 1.807) is 21.1 Å². The molecule has 1 aromatic heterocycles. The summed E-state index contributed by atoms with van der Waals surface area (Å²) in [7, 11) is 3.38. The number of benzene rings is 1. The average molecular weight is 430 g/mol. The van der Waals surface area contributed by atoms with Crippen molar-refractivity contribution in [3.05, 3.63) is 34.9 Å². The van der Waals surface area contributed by atoms with Crippen molar-refractivity contribution in [3.63, 3.8) is 0 Å². The Morgan fingerprint density at radius 3 is 2.58 bits per heavy atom. The predicted molar refractivity (Wildman–Crippen MR) is 119 cm³/mol. The number of hydrogen-bond donors (Lipinski definition) is 1. The van der Waals surface area contributed by atoms with E-state index < -0.39 is 0 Å². The van der Waals surface area contributed by atoms with Crippen LogP contribution in [-0.2, 0) is 24.3 Å². The zero-order chi connectivity index (χ0) is 22.5. The summed E-state index contributed by atoms with van der Waals surface area (Å²) < 4.78 is 13.3. The summed E-state index contributed by atoms with van der Waals surface area (Å²) in [6.07, 6.45) is 1.66. The Balaban J connectivity index is 1.77. The molecule has 1 aromatic carbocycles. The van der Waals surface area contributed by atoms with Gasteiger partial charge in [-0.2, -0.15) is 0 Å². The van der Waals surface area contributed by atoms with E-state index in [1.807, 2.05) is 13.0 Å². The minimum absolute atomic E-state index is 0.0415. The highest BCUT2D eigenvalue weighted by Crippen LogP contribution is 2.32. The van der Waals surface area contributed by atoms with E-state index in [2.05, 4.69) is 44.9 Å². The van der Waals surface area contributed by atoms with E-state index in [9.17, 15) is 4.79 Å². The second kappa shape index (κ2) is 10.1. The van der Waals surface area contributed by atoms with Gasteiger partial charge in [-0.05, 0) is 25.3 Å². The van der Waals surface area contributed by atoms with Gasteiger partial charge in [-0.15, -0.1) is 10.2 Å². The van der Waals surface area contributed by atoms with Crippen LogP contribution in [0.3, 0.4) is 0 Å². The smallest absolute Gasteiger partial charge is 0.217 e. The van der Waals surface area contributed by atoms with Crippen LogP contribution >= 0.6 is 0 Å². The van der Waals surface area contributed by atoms with Crippen LogP contribution < -0.4 is 14.8 Å². The molecule has 0 unspecified atom stereocenters. The Bertz CT molecular complexity index is 909. The van der Waals surface area contributed by atoms with Crippen LogP contribution in [0.2, 0.25) is 0 Å². The summed E-state index contributed by atoms with van der Waals surface area (Å²) in [4.78, 5) is 14.2. The molecule has 2 heterocycles. The molecule has 0 fully saturated rings. The molecule has 170 valence electrons. The number of rotatable bonds is 8. The van der Waals surface area contributed by atoms with Crippen LogP contribution in [0.5, 0.6) is 11.5 Å². The lowest BCUT2D eigenvalue weighted by Crippen LogP contribution is -2.31. The third-order valence-electron chi connectivity index (χ3n) is 5.80. The first-order valence-electron chi connectivity index (χ1n) is 11.0. The number of carbonyl (C=O) groups excluding carboxylic acids is 1. The van der Waals surface area contributed by atoms with Crippen LogP contribution in [0.15, 0.2) is 12.1 Å². The molecule has 2 aromatic rings. The predicted octanol–water partition coefficient (Wildman–Crippen LogP) is 2.89. The van der Waals surface area contributed by atoms with E-state index in [4.69, 9.17) is 9.47 Å². The maximum Gasteiger partial charge on any atom is 0.217 e. The van der Waals surface area contributed by atoms with Crippen LogP contribution in [0.25, 0.3) is 0 Å². The second-order valence-electron chi connectivity index (χ2n) is 8.62. The first-order chi connectivity index (χ1) is 14.8. The summed E-state index contributed by atoms with van der Waals surface area (Å²) in [5.74, 6) is 3.96. The van der Waals surface area contributed by atoms with Crippen LogP contribution in [0.4, 0.5) is 0 Å². The molecule has 0 saturated carbocycles. The van der Waals surface area contributed by atoms with E-state index in [-0.39, 0.29) is 11.9 Å². The number of fused-ring (bicyclic) bond motifs is 1. The monoisotopic (exact) mass is 429 g/mol. The lowest BCUT2D eigenvalue weighted by atomic mass is 10.0. The quantitative estimate of drug-likeness (QED) is 0.695. The van der Waals surface area contributed by atoms with E-state index >= 15 is 0 Å². The molecular weight excluding hydrogens is 394 g/mol. The van der Waals surface area contributed by atoms with Gasteiger partial charge >= 0.3 is 0 Å². The van der Waals surface area contributed by atoms with Gasteiger partial charge in [0.25, 0.3) is 0 Å². The number of aromatic nitrogens is 3. The van der Waals surface area contributed by atoms with Crippen LogP contribution in [-0.4, -0.2) is 52.9 Å². The molecule has 0 radical (unpaired) electrons. The minimum atomic E-state index is -0.116. The molecule has 1 atom stereocenters. The third kappa shape index (κ3) is 5.36. The first-order valence-corrected chi connectivity index (χ1v) is 11.0. The SMILES string of the molecule is COc1ccc(CN2CCc3nnc([C@@H](CC(C)C)NC(C)=O)n3CC2)c(OC)c1C. The zero-order valence-electron chi connectivity index (χ0n) is 19.6. The van der Waals surface area contributed by atoms with Gasteiger partial charge in [-0.25, -0.2) is 0 Å². The summed E-state index contributed by atoms with van der Waals surface area (Å²) in [6, 6.07) is 3.97. The Kier molecular flexibility index (Phi) is 7.54. The molecule has 8 nitrogen and oxygen atoms in total. The summed E-state index contributed by atoms with van der Waals surface area (Å²) in [6.45, 7) is 11.2. The number of carbonyl (C=O) groups is 1. The maximum atomic E-state index is 11.8.